The highest BCUT2D eigenvalue weighted by Crippen LogP contribution is 2.36. The summed E-state index contributed by atoms with van der Waals surface area (Å²) in [5.74, 6) is -1.45. The van der Waals surface area contributed by atoms with E-state index < -0.39 is 23.4 Å². The van der Waals surface area contributed by atoms with Gasteiger partial charge in [-0.2, -0.15) is 0 Å². The zero-order valence-electron chi connectivity index (χ0n) is 9.93. The summed E-state index contributed by atoms with van der Waals surface area (Å²) in [5, 5.41) is 19.6. The van der Waals surface area contributed by atoms with Crippen LogP contribution in [0.4, 0.5) is 4.39 Å². The van der Waals surface area contributed by atoms with Crippen molar-refractivity contribution in [2.45, 2.75) is 31.4 Å². The molecule has 4 nitrogen and oxygen atoms in total. The molecule has 0 radical (unpaired) electrons. The zero-order chi connectivity index (χ0) is 13.3. The molecule has 1 aliphatic heterocycles. The summed E-state index contributed by atoms with van der Waals surface area (Å²) in [6, 6.07) is 4.48. The largest absolute Gasteiger partial charge is 0.480 e. The number of carbonyl (C=O) groups is 1. The second kappa shape index (κ2) is 4.49. The van der Waals surface area contributed by atoms with Gasteiger partial charge >= 0.3 is 5.97 Å². The van der Waals surface area contributed by atoms with E-state index in [0.717, 1.165) is 0 Å². The van der Waals surface area contributed by atoms with Gasteiger partial charge in [0.1, 0.15) is 11.4 Å². The van der Waals surface area contributed by atoms with Gasteiger partial charge in [0.15, 0.2) is 6.04 Å². The van der Waals surface area contributed by atoms with Gasteiger partial charge in [0, 0.05) is 12.1 Å². The normalized spacial score (nSPS) is 27.1. The standard InChI is InChI=1S/C13H14FNO3/c1-2-11-13(18,7-10(15-11)12(16)17)8-3-5-9(14)6-4-8/h3-6,10,18H,2,7H2,1H3,(H,16,17)/t10-,13-/m0/s1. The summed E-state index contributed by atoms with van der Waals surface area (Å²) in [4.78, 5) is 15.0. The van der Waals surface area contributed by atoms with Crippen molar-refractivity contribution in [1.29, 1.82) is 0 Å². The number of aliphatic hydroxyl groups is 1. The molecule has 96 valence electrons. The number of hydrogen-bond donors (Lipinski definition) is 2. The molecule has 0 bridgehead atoms. The molecule has 2 rings (SSSR count). The van der Waals surface area contributed by atoms with Crippen LogP contribution in [0.5, 0.6) is 0 Å². The second-order valence-electron chi connectivity index (χ2n) is 4.35. The van der Waals surface area contributed by atoms with Crippen LogP contribution in [-0.2, 0) is 10.4 Å². The molecular weight excluding hydrogens is 237 g/mol. The molecular formula is C13H14FNO3. The fourth-order valence-corrected chi connectivity index (χ4v) is 2.27. The first-order valence-electron chi connectivity index (χ1n) is 5.75. The van der Waals surface area contributed by atoms with E-state index in [1.807, 2.05) is 0 Å². The maximum absolute atomic E-state index is 12.9. The fraction of sp³-hybridized carbons (Fsp3) is 0.385. The molecule has 2 N–H and O–H groups in total. The van der Waals surface area contributed by atoms with E-state index in [1.165, 1.54) is 24.3 Å². The number of aliphatic imine (C=N–C) groups is 1. The first kappa shape index (κ1) is 12.7. The predicted octanol–water partition coefficient (Wildman–Crippen LogP) is 1.72. The molecule has 0 aromatic heterocycles. The maximum Gasteiger partial charge on any atom is 0.328 e. The topological polar surface area (TPSA) is 69.9 Å². The summed E-state index contributed by atoms with van der Waals surface area (Å²) < 4.78 is 12.9. The van der Waals surface area contributed by atoms with Crippen molar-refractivity contribution in [3.05, 3.63) is 35.6 Å². The van der Waals surface area contributed by atoms with Gasteiger partial charge < -0.3 is 10.2 Å². The Morgan fingerprint density at radius 2 is 2.11 bits per heavy atom. The molecule has 0 fully saturated rings. The SMILES string of the molecule is CCC1=N[C@H](C(=O)O)C[C@]1(O)c1ccc(F)cc1. The lowest BCUT2D eigenvalue weighted by Gasteiger charge is -2.25. The van der Waals surface area contributed by atoms with Crippen LogP contribution in [0, 0.1) is 5.82 Å². The van der Waals surface area contributed by atoms with E-state index in [4.69, 9.17) is 5.11 Å². The molecule has 0 aliphatic carbocycles. The van der Waals surface area contributed by atoms with E-state index in [2.05, 4.69) is 4.99 Å². The third-order valence-corrected chi connectivity index (χ3v) is 3.22. The average molecular weight is 251 g/mol. The van der Waals surface area contributed by atoms with Gasteiger partial charge in [-0.05, 0) is 24.1 Å². The Kier molecular flexibility index (Phi) is 3.17. The molecule has 1 aromatic rings. The summed E-state index contributed by atoms with van der Waals surface area (Å²) >= 11 is 0. The lowest BCUT2D eigenvalue weighted by molar-refractivity contribution is -0.139. The first-order valence-corrected chi connectivity index (χ1v) is 5.75. The van der Waals surface area contributed by atoms with E-state index in [9.17, 15) is 14.3 Å². The summed E-state index contributed by atoms with van der Waals surface area (Å²) in [7, 11) is 0. The monoisotopic (exact) mass is 251 g/mol. The first-order chi connectivity index (χ1) is 8.47. The van der Waals surface area contributed by atoms with Crippen LogP contribution in [0.15, 0.2) is 29.3 Å². The molecule has 1 aliphatic rings. The lowest BCUT2D eigenvalue weighted by atomic mass is 9.85. The highest BCUT2D eigenvalue weighted by molar-refractivity contribution is 5.98. The molecule has 2 atom stereocenters. The van der Waals surface area contributed by atoms with Crippen molar-refractivity contribution in [2.75, 3.05) is 0 Å². The van der Waals surface area contributed by atoms with Crippen LogP contribution < -0.4 is 0 Å². The Labute approximate surface area is 104 Å². The van der Waals surface area contributed by atoms with Gasteiger partial charge in [-0.25, -0.2) is 9.18 Å². The van der Waals surface area contributed by atoms with Gasteiger partial charge in [0.2, 0.25) is 0 Å². The van der Waals surface area contributed by atoms with Gasteiger partial charge in [-0.3, -0.25) is 4.99 Å². The van der Waals surface area contributed by atoms with Crippen LogP contribution in [-0.4, -0.2) is 27.9 Å². The number of carboxylic acid groups (broad SMARTS) is 1. The Hall–Kier alpha value is -1.75. The molecule has 1 aromatic carbocycles. The van der Waals surface area contributed by atoms with Crippen molar-refractivity contribution in [2.24, 2.45) is 4.99 Å². The van der Waals surface area contributed by atoms with Crippen LogP contribution in [0.2, 0.25) is 0 Å². The maximum atomic E-state index is 12.9. The van der Waals surface area contributed by atoms with E-state index >= 15 is 0 Å². The quantitative estimate of drug-likeness (QED) is 0.859. The van der Waals surface area contributed by atoms with E-state index in [1.54, 1.807) is 6.92 Å². The molecule has 0 saturated carbocycles. The number of carboxylic acids is 1. The van der Waals surface area contributed by atoms with Crippen molar-refractivity contribution in [3.8, 4) is 0 Å². The van der Waals surface area contributed by atoms with Crippen molar-refractivity contribution in [1.82, 2.24) is 0 Å². The molecule has 0 saturated heterocycles. The predicted molar refractivity (Wildman–Crippen MR) is 64.1 cm³/mol. The molecule has 18 heavy (non-hydrogen) atoms. The van der Waals surface area contributed by atoms with Crippen molar-refractivity contribution in [3.63, 3.8) is 0 Å². The van der Waals surface area contributed by atoms with Crippen LogP contribution in [0.25, 0.3) is 0 Å². The molecule has 0 spiro atoms. The number of benzene rings is 1. The van der Waals surface area contributed by atoms with Gasteiger partial charge in [-0.1, -0.05) is 19.1 Å². The van der Waals surface area contributed by atoms with Crippen molar-refractivity contribution < 1.29 is 19.4 Å². The van der Waals surface area contributed by atoms with Crippen molar-refractivity contribution >= 4 is 11.7 Å². The summed E-state index contributed by atoms with van der Waals surface area (Å²) in [6.45, 7) is 1.80. The summed E-state index contributed by atoms with van der Waals surface area (Å²) in [6.07, 6.45) is 0.453. The summed E-state index contributed by atoms with van der Waals surface area (Å²) in [5.41, 5.74) is -0.486. The minimum atomic E-state index is -1.40. The molecule has 1 heterocycles. The van der Waals surface area contributed by atoms with Gasteiger partial charge in [-0.15, -0.1) is 0 Å². The highest BCUT2D eigenvalue weighted by Gasteiger charge is 2.44. The number of aliphatic carboxylic acids is 1. The minimum absolute atomic E-state index is 0.00284. The van der Waals surface area contributed by atoms with E-state index in [-0.39, 0.29) is 6.42 Å². The smallest absolute Gasteiger partial charge is 0.328 e. The Morgan fingerprint density at radius 1 is 1.50 bits per heavy atom. The highest BCUT2D eigenvalue weighted by atomic mass is 19.1. The van der Waals surface area contributed by atoms with Crippen LogP contribution >= 0.6 is 0 Å². The average Bonchev–Trinajstić information content (AvgIpc) is 2.68. The van der Waals surface area contributed by atoms with Crippen LogP contribution in [0.1, 0.15) is 25.3 Å². The third kappa shape index (κ3) is 2.01. The third-order valence-electron chi connectivity index (χ3n) is 3.22. The zero-order valence-corrected chi connectivity index (χ0v) is 9.93. The molecule has 0 unspecified atom stereocenters. The fourth-order valence-electron chi connectivity index (χ4n) is 2.27. The van der Waals surface area contributed by atoms with E-state index in [0.29, 0.717) is 17.7 Å². The Morgan fingerprint density at radius 3 is 2.61 bits per heavy atom. The number of rotatable bonds is 3. The molecule has 5 heteroatoms. The second-order valence-corrected chi connectivity index (χ2v) is 4.35. The lowest BCUT2D eigenvalue weighted by Crippen LogP contribution is -2.33. The number of nitrogens with zero attached hydrogens (tertiary/aromatic N) is 1. The molecule has 0 amide bonds. The number of halogens is 1. The minimum Gasteiger partial charge on any atom is -0.480 e. The van der Waals surface area contributed by atoms with Gasteiger partial charge in [0.05, 0.1) is 0 Å². The van der Waals surface area contributed by atoms with Crippen LogP contribution in [0.3, 0.4) is 0 Å². The Bertz CT molecular complexity index is 497. The number of hydrogen-bond acceptors (Lipinski definition) is 3. The van der Waals surface area contributed by atoms with Gasteiger partial charge in [0.25, 0.3) is 0 Å². The Balaban J connectivity index is 2.39.